The fourth-order valence-corrected chi connectivity index (χ4v) is 0.617. The number of halogens is 1. The first-order chi connectivity index (χ1) is 4.34. The predicted octanol–water partition coefficient (Wildman–Crippen LogP) is 0.309. The van der Waals surface area contributed by atoms with E-state index < -0.39 is 0 Å². The van der Waals surface area contributed by atoms with Gasteiger partial charge in [-0.15, -0.1) is 11.5 Å². The van der Waals surface area contributed by atoms with E-state index in [0.29, 0.717) is 5.82 Å². The molecule has 0 aliphatic heterocycles. The van der Waals surface area contributed by atoms with Crippen LogP contribution in [0.1, 0.15) is 9.75 Å². The Labute approximate surface area is 65.6 Å². The van der Waals surface area contributed by atoms with Crippen LogP contribution >= 0.6 is 22.6 Å². The number of terminal acetylenes is 1. The van der Waals surface area contributed by atoms with Gasteiger partial charge in [-0.05, 0) is 10.4 Å². The van der Waals surface area contributed by atoms with Crippen LogP contribution in [0.25, 0.3) is 0 Å². The average molecular weight is 234 g/mol. The summed E-state index contributed by atoms with van der Waals surface area (Å²) in [4.78, 5) is 0. The average Bonchev–Trinajstić information content (AvgIpc) is 2.37. The molecule has 1 aromatic heterocycles. The second-order valence-electron chi connectivity index (χ2n) is 1.32. The first kappa shape index (κ1) is 6.48. The van der Waals surface area contributed by atoms with Gasteiger partial charge >= 0.3 is 0 Å². The van der Waals surface area contributed by atoms with Crippen LogP contribution in [0, 0.1) is 12.3 Å². The summed E-state index contributed by atoms with van der Waals surface area (Å²) in [7, 11) is 0. The molecule has 1 aromatic rings. The van der Waals surface area contributed by atoms with Gasteiger partial charge in [-0.1, -0.05) is 28.5 Å². The number of aromatic nitrogens is 4. The van der Waals surface area contributed by atoms with E-state index in [1.807, 2.05) is 0 Å². The van der Waals surface area contributed by atoms with Crippen LogP contribution in [0.15, 0.2) is 0 Å². The van der Waals surface area contributed by atoms with Gasteiger partial charge in [0.1, 0.15) is 3.92 Å². The van der Waals surface area contributed by atoms with Crippen molar-refractivity contribution < 1.29 is 0 Å². The lowest BCUT2D eigenvalue weighted by atomic mass is 10.4. The molecular formula is C4H3IN4. The second kappa shape index (κ2) is 2.77. The highest BCUT2D eigenvalue weighted by Gasteiger charge is 2.05. The fourth-order valence-electron chi connectivity index (χ4n) is 0.353. The fraction of sp³-hybridized carbons (Fsp3) is 0.250. The zero-order valence-corrected chi connectivity index (χ0v) is 6.53. The molecule has 0 radical (unpaired) electrons. The molecule has 0 aliphatic carbocycles. The van der Waals surface area contributed by atoms with Crippen molar-refractivity contribution in [3.05, 3.63) is 5.82 Å². The summed E-state index contributed by atoms with van der Waals surface area (Å²) in [6, 6.07) is 0. The van der Waals surface area contributed by atoms with Gasteiger partial charge in [-0.2, -0.15) is 0 Å². The lowest BCUT2D eigenvalue weighted by Crippen LogP contribution is -1.87. The van der Waals surface area contributed by atoms with E-state index in [1.54, 1.807) is 0 Å². The van der Waals surface area contributed by atoms with Crippen molar-refractivity contribution in [2.45, 2.75) is 3.92 Å². The van der Waals surface area contributed by atoms with Gasteiger partial charge in [0.05, 0.1) is 0 Å². The smallest absolute Gasteiger partial charge is 0.173 e. The Kier molecular flexibility index (Phi) is 2.00. The number of hydrogen-bond acceptors (Lipinski definition) is 3. The Morgan fingerprint density at radius 1 is 1.78 bits per heavy atom. The second-order valence-corrected chi connectivity index (χ2v) is 2.56. The Hall–Kier alpha value is -0.640. The van der Waals surface area contributed by atoms with Crippen LogP contribution in [0.4, 0.5) is 0 Å². The van der Waals surface area contributed by atoms with E-state index in [1.165, 1.54) is 0 Å². The molecule has 1 atom stereocenters. The Morgan fingerprint density at radius 2 is 2.56 bits per heavy atom. The van der Waals surface area contributed by atoms with Gasteiger partial charge in [0.25, 0.3) is 0 Å². The van der Waals surface area contributed by atoms with Crippen LogP contribution in [0.3, 0.4) is 0 Å². The van der Waals surface area contributed by atoms with Crippen molar-refractivity contribution in [1.29, 1.82) is 0 Å². The lowest BCUT2D eigenvalue weighted by molar-refractivity contribution is 0.881. The van der Waals surface area contributed by atoms with Gasteiger partial charge in [0.15, 0.2) is 5.82 Å². The zero-order valence-electron chi connectivity index (χ0n) is 4.37. The quantitative estimate of drug-likeness (QED) is 0.432. The van der Waals surface area contributed by atoms with E-state index in [-0.39, 0.29) is 3.92 Å². The van der Waals surface area contributed by atoms with Crippen molar-refractivity contribution in [2.75, 3.05) is 0 Å². The molecule has 9 heavy (non-hydrogen) atoms. The summed E-state index contributed by atoms with van der Waals surface area (Å²) in [6.07, 6.45) is 5.09. The highest BCUT2D eigenvalue weighted by molar-refractivity contribution is 14.1. The summed E-state index contributed by atoms with van der Waals surface area (Å²) < 4.78 is -0.0578. The number of hydrogen-bond donors (Lipinski definition) is 1. The van der Waals surface area contributed by atoms with E-state index in [0.717, 1.165) is 0 Å². The first-order valence-electron chi connectivity index (χ1n) is 2.18. The largest absolute Gasteiger partial charge is 0.241 e. The van der Waals surface area contributed by atoms with Crippen LogP contribution < -0.4 is 0 Å². The van der Waals surface area contributed by atoms with E-state index in [2.05, 4.69) is 49.1 Å². The number of alkyl halides is 1. The number of rotatable bonds is 1. The zero-order chi connectivity index (χ0) is 6.69. The van der Waals surface area contributed by atoms with Crippen molar-refractivity contribution in [1.82, 2.24) is 20.6 Å². The molecule has 1 N–H and O–H groups in total. The van der Waals surface area contributed by atoms with Gasteiger partial charge in [-0.25, -0.2) is 5.10 Å². The summed E-state index contributed by atoms with van der Waals surface area (Å²) in [5.41, 5.74) is 0. The molecule has 1 rings (SSSR count). The van der Waals surface area contributed by atoms with Gasteiger partial charge in [0.2, 0.25) is 0 Å². The van der Waals surface area contributed by atoms with Crippen LogP contribution in [0.5, 0.6) is 0 Å². The molecule has 46 valence electrons. The third-order valence-corrected chi connectivity index (χ3v) is 1.70. The number of H-pyrrole nitrogens is 1. The Morgan fingerprint density at radius 3 is 3.00 bits per heavy atom. The van der Waals surface area contributed by atoms with Crippen LogP contribution in [0.2, 0.25) is 0 Å². The maximum absolute atomic E-state index is 5.09. The van der Waals surface area contributed by atoms with E-state index in [4.69, 9.17) is 6.42 Å². The van der Waals surface area contributed by atoms with Crippen molar-refractivity contribution in [2.24, 2.45) is 0 Å². The highest BCUT2D eigenvalue weighted by Crippen LogP contribution is 2.15. The molecule has 0 saturated carbocycles. The third kappa shape index (κ3) is 1.38. The van der Waals surface area contributed by atoms with E-state index in [9.17, 15) is 0 Å². The molecule has 0 spiro atoms. The van der Waals surface area contributed by atoms with Gasteiger partial charge in [0, 0.05) is 0 Å². The minimum atomic E-state index is -0.0578. The molecule has 1 unspecified atom stereocenters. The monoisotopic (exact) mass is 234 g/mol. The predicted molar refractivity (Wildman–Crippen MR) is 39.8 cm³/mol. The molecule has 0 bridgehead atoms. The number of aromatic amines is 1. The minimum absolute atomic E-state index is 0.0578. The standard InChI is InChI=1S/C4H3IN4/c1-2-3(5)4-6-8-9-7-4/h1,3H,(H,6,7,8,9). The summed E-state index contributed by atoms with van der Waals surface area (Å²) >= 11 is 2.06. The summed E-state index contributed by atoms with van der Waals surface area (Å²) in [5, 5.41) is 12.9. The number of nitrogens with one attached hydrogen (secondary N) is 1. The molecule has 0 aromatic carbocycles. The van der Waals surface area contributed by atoms with Crippen molar-refractivity contribution in [3.63, 3.8) is 0 Å². The molecule has 4 nitrogen and oxygen atoms in total. The number of tetrazole rings is 1. The molecular weight excluding hydrogens is 231 g/mol. The maximum Gasteiger partial charge on any atom is 0.173 e. The molecule has 0 fully saturated rings. The van der Waals surface area contributed by atoms with E-state index >= 15 is 0 Å². The van der Waals surface area contributed by atoms with Crippen molar-refractivity contribution in [3.8, 4) is 12.3 Å². The highest BCUT2D eigenvalue weighted by atomic mass is 127. The van der Waals surface area contributed by atoms with Crippen molar-refractivity contribution >= 4 is 22.6 Å². The summed E-state index contributed by atoms with van der Waals surface area (Å²) in [6.45, 7) is 0. The third-order valence-electron chi connectivity index (χ3n) is 0.748. The van der Waals surface area contributed by atoms with Crippen LogP contribution in [-0.2, 0) is 0 Å². The molecule has 0 amide bonds. The summed E-state index contributed by atoms with van der Waals surface area (Å²) in [5.74, 6) is 3.10. The van der Waals surface area contributed by atoms with Crippen LogP contribution in [-0.4, -0.2) is 20.6 Å². The lowest BCUT2D eigenvalue weighted by Gasteiger charge is -1.89. The Balaban J connectivity index is 2.80. The Bertz CT molecular complexity index is 211. The molecule has 0 aliphatic rings. The molecule has 1 heterocycles. The molecule has 0 saturated heterocycles. The topological polar surface area (TPSA) is 54.5 Å². The maximum atomic E-state index is 5.09. The number of nitrogens with zero attached hydrogens (tertiary/aromatic N) is 3. The minimum Gasteiger partial charge on any atom is -0.241 e. The van der Waals surface area contributed by atoms with Gasteiger partial charge in [-0.3, -0.25) is 0 Å². The molecule has 5 heteroatoms. The normalized spacial score (nSPS) is 12.4. The first-order valence-corrected chi connectivity index (χ1v) is 3.43. The van der Waals surface area contributed by atoms with Gasteiger partial charge < -0.3 is 0 Å². The SMILES string of the molecule is C#CC(I)c1nnn[nH]1.